The minimum absolute atomic E-state index is 0.403. The Morgan fingerprint density at radius 2 is 1.74 bits per heavy atom. The molecule has 0 aliphatic rings. The highest BCUT2D eigenvalue weighted by Gasteiger charge is 2.08. The average molecular weight is 255 g/mol. The smallest absolute Gasteiger partial charge is 0.0794 e. The van der Waals surface area contributed by atoms with E-state index in [0.717, 1.165) is 24.1 Å². The normalized spacial score (nSPS) is 12.2. The van der Waals surface area contributed by atoms with Gasteiger partial charge in [0.1, 0.15) is 0 Å². The largest absolute Gasteiger partial charge is 0.388 e. The zero-order valence-corrected chi connectivity index (χ0v) is 11.6. The lowest BCUT2D eigenvalue weighted by molar-refractivity contribution is 0.168. The number of hydrogen-bond donors (Lipinski definition) is 1. The van der Waals surface area contributed by atoms with Crippen LogP contribution in [-0.4, -0.2) is 19.2 Å². The zero-order chi connectivity index (χ0) is 13.7. The minimum atomic E-state index is -0.403. The summed E-state index contributed by atoms with van der Waals surface area (Å²) in [5.74, 6) is 0. The molecule has 0 aliphatic carbocycles. The van der Waals surface area contributed by atoms with E-state index in [2.05, 4.69) is 18.2 Å². The van der Waals surface area contributed by atoms with Crippen molar-refractivity contribution in [1.29, 1.82) is 0 Å². The number of aryl methyl sites for hydroxylation is 1. The van der Waals surface area contributed by atoms with Crippen molar-refractivity contribution in [2.24, 2.45) is 0 Å². The standard InChI is InChI=1S/C17H21NO/c1-18(2)16-10-6-9-15(13-16)17(19)12-11-14-7-4-3-5-8-14/h3-10,13,17,19H,11-12H2,1-2H3. The number of rotatable bonds is 5. The van der Waals surface area contributed by atoms with Gasteiger partial charge in [0.2, 0.25) is 0 Å². The van der Waals surface area contributed by atoms with Gasteiger partial charge in [-0.3, -0.25) is 0 Å². The van der Waals surface area contributed by atoms with E-state index in [9.17, 15) is 5.11 Å². The molecule has 2 rings (SSSR count). The van der Waals surface area contributed by atoms with Crippen LogP contribution in [0.1, 0.15) is 23.7 Å². The van der Waals surface area contributed by atoms with E-state index >= 15 is 0 Å². The fraction of sp³-hybridized carbons (Fsp3) is 0.294. The summed E-state index contributed by atoms with van der Waals surface area (Å²) in [6.45, 7) is 0. The molecule has 0 aliphatic heterocycles. The van der Waals surface area contributed by atoms with Gasteiger partial charge in [-0.05, 0) is 36.1 Å². The van der Waals surface area contributed by atoms with Gasteiger partial charge in [-0.25, -0.2) is 0 Å². The second-order valence-corrected chi connectivity index (χ2v) is 5.03. The number of hydrogen-bond acceptors (Lipinski definition) is 2. The molecule has 0 saturated carbocycles. The number of nitrogens with zero attached hydrogens (tertiary/aromatic N) is 1. The van der Waals surface area contributed by atoms with Gasteiger partial charge in [0, 0.05) is 19.8 Å². The first-order valence-corrected chi connectivity index (χ1v) is 6.66. The topological polar surface area (TPSA) is 23.5 Å². The van der Waals surface area contributed by atoms with Gasteiger partial charge in [-0.15, -0.1) is 0 Å². The van der Waals surface area contributed by atoms with Crippen LogP contribution in [0.15, 0.2) is 54.6 Å². The zero-order valence-electron chi connectivity index (χ0n) is 11.6. The van der Waals surface area contributed by atoms with Crippen molar-refractivity contribution < 1.29 is 5.11 Å². The molecule has 0 bridgehead atoms. The maximum atomic E-state index is 10.3. The van der Waals surface area contributed by atoms with Crippen LogP contribution in [0.25, 0.3) is 0 Å². The maximum Gasteiger partial charge on any atom is 0.0794 e. The fourth-order valence-electron chi connectivity index (χ4n) is 2.12. The molecule has 100 valence electrons. The first kappa shape index (κ1) is 13.6. The van der Waals surface area contributed by atoms with Crippen molar-refractivity contribution in [1.82, 2.24) is 0 Å². The van der Waals surface area contributed by atoms with E-state index in [1.165, 1.54) is 5.56 Å². The van der Waals surface area contributed by atoms with Crippen molar-refractivity contribution >= 4 is 5.69 Å². The van der Waals surface area contributed by atoms with Crippen LogP contribution in [0.4, 0.5) is 5.69 Å². The van der Waals surface area contributed by atoms with Crippen LogP contribution >= 0.6 is 0 Å². The molecular weight excluding hydrogens is 234 g/mol. The van der Waals surface area contributed by atoms with Crippen molar-refractivity contribution in [2.45, 2.75) is 18.9 Å². The lowest BCUT2D eigenvalue weighted by Gasteiger charge is -2.16. The third-order valence-electron chi connectivity index (χ3n) is 3.32. The first-order valence-electron chi connectivity index (χ1n) is 6.66. The SMILES string of the molecule is CN(C)c1cccc(C(O)CCc2ccccc2)c1. The number of anilines is 1. The van der Waals surface area contributed by atoms with E-state index in [0.29, 0.717) is 0 Å². The molecule has 2 aromatic rings. The van der Waals surface area contributed by atoms with Gasteiger partial charge in [0.15, 0.2) is 0 Å². The number of aliphatic hydroxyl groups excluding tert-OH is 1. The van der Waals surface area contributed by atoms with E-state index < -0.39 is 6.10 Å². The van der Waals surface area contributed by atoms with E-state index in [-0.39, 0.29) is 0 Å². The van der Waals surface area contributed by atoms with Gasteiger partial charge in [-0.1, -0.05) is 42.5 Å². The maximum absolute atomic E-state index is 10.3. The van der Waals surface area contributed by atoms with Gasteiger partial charge >= 0.3 is 0 Å². The van der Waals surface area contributed by atoms with Crippen LogP contribution in [0.5, 0.6) is 0 Å². The highest BCUT2D eigenvalue weighted by Crippen LogP contribution is 2.23. The predicted octanol–water partition coefficient (Wildman–Crippen LogP) is 3.42. The molecule has 1 N–H and O–H groups in total. The molecule has 2 aromatic carbocycles. The summed E-state index contributed by atoms with van der Waals surface area (Å²) in [5, 5.41) is 10.3. The Hall–Kier alpha value is -1.80. The van der Waals surface area contributed by atoms with Crippen molar-refractivity contribution in [3.63, 3.8) is 0 Å². The predicted molar refractivity (Wildman–Crippen MR) is 80.5 cm³/mol. The molecule has 0 saturated heterocycles. The van der Waals surface area contributed by atoms with Crippen LogP contribution in [0.2, 0.25) is 0 Å². The molecule has 0 aromatic heterocycles. The highest BCUT2D eigenvalue weighted by molar-refractivity contribution is 5.47. The van der Waals surface area contributed by atoms with Crippen LogP contribution < -0.4 is 4.90 Å². The Labute approximate surface area is 115 Å². The van der Waals surface area contributed by atoms with E-state index in [1.807, 2.05) is 55.4 Å². The molecule has 0 amide bonds. The molecule has 2 heteroatoms. The lowest BCUT2D eigenvalue weighted by atomic mass is 10.0. The molecule has 0 spiro atoms. The Morgan fingerprint density at radius 3 is 2.42 bits per heavy atom. The summed E-state index contributed by atoms with van der Waals surface area (Å²) in [7, 11) is 4.02. The van der Waals surface area contributed by atoms with Gasteiger partial charge in [0.05, 0.1) is 6.10 Å². The first-order chi connectivity index (χ1) is 9.16. The van der Waals surface area contributed by atoms with Crippen molar-refractivity contribution in [2.75, 3.05) is 19.0 Å². The second-order valence-electron chi connectivity index (χ2n) is 5.03. The molecule has 1 unspecified atom stereocenters. The molecular formula is C17H21NO. The van der Waals surface area contributed by atoms with Crippen molar-refractivity contribution in [3.8, 4) is 0 Å². The summed E-state index contributed by atoms with van der Waals surface area (Å²) in [6.07, 6.45) is 1.25. The monoisotopic (exact) mass is 255 g/mol. The molecule has 2 nitrogen and oxygen atoms in total. The quantitative estimate of drug-likeness (QED) is 0.885. The third kappa shape index (κ3) is 3.83. The average Bonchev–Trinajstić information content (AvgIpc) is 2.46. The summed E-state index contributed by atoms with van der Waals surface area (Å²) < 4.78 is 0. The minimum Gasteiger partial charge on any atom is -0.388 e. The Bertz CT molecular complexity index is 508. The molecule has 0 radical (unpaired) electrons. The molecule has 0 fully saturated rings. The van der Waals surface area contributed by atoms with Gasteiger partial charge in [-0.2, -0.15) is 0 Å². The Balaban J connectivity index is 2.00. The molecule has 0 heterocycles. The highest BCUT2D eigenvalue weighted by atomic mass is 16.3. The second kappa shape index (κ2) is 6.39. The van der Waals surface area contributed by atoms with Crippen LogP contribution in [-0.2, 0) is 6.42 Å². The molecule has 1 atom stereocenters. The van der Waals surface area contributed by atoms with Gasteiger partial charge in [0.25, 0.3) is 0 Å². The lowest BCUT2D eigenvalue weighted by Crippen LogP contribution is -2.09. The van der Waals surface area contributed by atoms with E-state index in [4.69, 9.17) is 0 Å². The number of aliphatic hydroxyl groups is 1. The summed E-state index contributed by atoms with van der Waals surface area (Å²) >= 11 is 0. The van der Waals surface area contributed by atoms with Gasteiger partial charge < -0.3 is 10.0 Å². The van der Waals surface area contributed by atoms with Crippen LogP contribution in [0, 0.1) is 0 Å². The van der Waals surface area contributed by atoms with Crippen molar-refractivity contribution in [3.05, 3.63) is 65.7 Å². The number of benzene rings is 2. The van der Waals surface area contributed by atoms with Crippen LogP contribution in [0.3, 0.4) is 0 Å². The van der Waals surface area contributed by atoms with E-state index in [1.54, 1.807) is 0 Å². The Morgan fingerprint density at radius 1 is 1.00 bits per heavy atom. The summed E-state index contributed by atoms with van der Waals surface area (Å²) in [6, 6.07) is 18.4. The summed E-state index contributed by atoms with van der Waals surface area (Å²) in [5.41, 5.74) is 3.38. The third-order valence-corrected chi connectivity index (χ3v) is 3.32. The summed E-state index contributed by atoms with van der Waals surface area (Å²) in [4.78, 5) is 2.05. The fourth-order valence-corrected chi connectivity index (χ4v) is 2.12. The molecule has 19 heavy (non-hydrogen) atoms. The Kier molecular flexibility index (Phi) is 4.58.